The Labute approximate surface area is 202 Å². The maximum Gasteiger partial charge on any atom is 0.265 e. The first-order chi connectivity index (χ1) is 16.5. The predicted octanol–water partition coefficient (Wildman–Crippen LogP) is 4.34. The summed E-state index contributed by atoms with van der Waals surface area (Å²) in [5.74, 6) is 0.567. The maximum atomic E-state index is 13.5. The van der Waals surface area contributed by atoms with E-state index in [4.69, 9.17) is 9.15 Å². The summed E-state index contributed by atoms with van der Waals surface area (Å²) < 4.78 is 10.5. The van der Waals surface area contributed by atoms with Crippen LogP contribution in [-0.4, -0.2) is 24.2 Å². The molecular formula is C26H23N3O4S. The Morgan fingerprint density at radius 1 is 1.18 bits per heavy atom. The smallest absolute Gasteiger partial charge is 0.265 e. The molecule has 1 saturated heterocycles. The maximum absolute atomic E-state index is 13.5. The fourth-order valence-corrected chi connectivity index (χ4v) is 4.87. The summed E-state index contributed by atoms with van der Waals surface area (Å²) in [5, 5.41) is 12.4. The lowest BCUT2D eigenvalue weighted by Crippen LogP contribution is -2.32. The first-order valence-electron chi connectivity index (χ1n) is 10.7. The van der Waals surface area contributed by atoms with Gasteiger partial charge < -0.3 is 14.5 Å². The van der Waals surface area contributed by atoms with Gasteiger partial charge >= 0.3 is 0 Å². The summed E-state index contributed by atoms with van der Waals surface area (Å²) in [6.45, 7) is 2.10. The molecule has 1 fully saturated rings. The van der Waals surface area contributed by atoms with Crippen LogP contribution in [0, 0.1) is 18.3 Å². The number of nitrogens with one attached hydrogen (secondary N) is 1. The number of thioether (sulfide) groups is 1. The third-order valence-electron chi connectivity index (χ3n) is 5.38. The number of amides is 2. The van der Waals surface area contributed by atoms with Gasteiger partial charge in [0, 0.05) is 5.69 Å². The van der Waals surface area contributed by atoms with Crippen LogP contribution in [0.4, 0.5) is 5.69 Å². The lowest BCUT2D eigenvalue weighted by atomic mass is 10.1. The topological polar surface area (TPSA) is 95.6 Å². The van der Waals surface area contributed by atoms with Crippen molar-refractivity contribution in [3.63, 3.8) is 0 Å². The van der Waals surface area contributed by atoms with Crippen molar-refractivity contribution in [3.05, 3.63) is 94.4 Å². The van der Waals surface area contributed by atoms with Gasteiger partial charge in [0.2, 0.25) is 5.91 Å². The van der Waals surface area contributed by atoms with Crippen LogP contribution in [0.1, 0.15) is 16.9 Å². The zero-order valence-electron chi connectivity index (χ0n) is 18.8. The minimum absolute atomic E-state index is 0.109. The highest BCUT2D eigenvalue weighted by molar-refractivity contribution is 8.05. The van der Waals surface area contributed by atoms with E-state index < -0.39 is 11.2 Å². The van der Waals surface area contributed by atoms with Gasteiger partial charge in [-0.3, -0.25) is 14.5 Å². The molecule has 1 aliphatic rings. The number of hydrogen-bond donors (Lipinski definition) is 1. The highest BCUT2D eigenvalue weighted by Gasteiger charge is 2.40. The highest BCUT2D eigenvalue weighted by atomic mass is 32.2. The lowest BCUT2D eigenvalue weighted by Gasteiger charge is -2.19. The van der Waals surface area contributed by atoms with Gasteiger partial charge in [-0.05, 0) is 55.3 Å². The van der Waals surface area contributed by atoms with Crippen molar-refractivity contribution in [2.75, 3.05) is 12.0 Å². The van der Waals surface area contributed by atoms with Gasteiger partial charge in [0.05, 0.1) is 25.2 Å². The minimum Gasteiger partial charge on any atom is -0.497 e. The Kier molecular flexibility index (Phi) is 7.04. The summed E-state index contributed by atoms with van der Waals surface area (Å²) in [7, 11) is 1.60. The van der Waals surface area contributed by atoms with Gasteiger partial charge in [0.25, 0.3) is 5.91 Å². The molecule has 34 heavy (non-hydrogen) atoms. The largest absolute Gasteiger partial charge is 0.497 e. The van der Waals surface area contributed by atoms with E-state index in [0.29, 0.717) is 22.9 Å². The van der Waals surface area contributed by atoms with Crippen LogP contribution in [0.5, 0.6) is 5.75 Å². The second-order valence-electron chi connectivity index (χ2n) is 7.72. The van der Waals surface area contributed by atoms with Crippen LogP contribution in [0.25, 0.3) is 0 Å². The van der Waals surface area contributed by atoms with Crippen molar-refractivity contribution in [2.24, 2.45) is 0 Å². The van der Waals surface area contributed by atoms with E-state index in [2.05, 4.69) is 5.32 Å². The van der Waals surface area contributed by atoms with Gasteiger partial charge in [-0.2, -0.15) is 5.26 Å². The molecule has 1 aliphatic heterocycles. The SMILES string of the molecule is COc1ccc(C[C@H]2S/C(=C(/C#N)C(=O)NCc3ccco3)N(c3ccc(C)cc3)C2=O)cc1. The van der Waals surface area contributed by atoms with Crippen molar-refractivity contribution in [3.8, 4) is 11.8 Å². The van der Waals surface area contributed by atoms with E-state index >= 15 is 0 Å². The summed E-state index contributed by atoms with van der Waals surface area (Å²) in [6.07, 6.45) is 1.96. The van der Waals surface area contributed by atoms with E-state index in [-0.39, 0.29) is 18.0 Å². The van der Waals surface area contributed by atoms with Gasteiger partial charge in [-0.25, -0.2) is 0 Å². The Morgan fingerprint density at radius 3 is 2.53 bits per heavy atom. The number of benzene rings is 2. The first kappa shape index (κ1) is 23.2. The van der Waals surface area contributed by atoms with Crippen LogP contribution >= 0.6 is 11.8 Å². The third kappa shape index (κ3) is 5.00. The number of ether oxygens (including phenoxy) is 1. The van der Waals surface area contributed by atoms with E-state index in [0.717, 1.165) is 16.9 Å². The van der Waals surface area contributed by atoms with Crippen LogP contribution in [-0.2, 0) is 22.6 Å². The van der Waals surface area contributed by atoms with Crippen LogP contribution in [0.15, 0.2) is 81.9 Å². The second-order valence-corrected chi connectivity index (χ2v) is 8.91. The van der Waals surface area contributed by atoms with Crippen LogP contribution in [0.2, 0.25) is 0 Å². The number of nitrogens with zero attached hydrogens (tertiary/aromatic N) is 2. The Balaban J connectivity index is 1.66. The summed E-state index contributed by atoms with van der Waals surface area (Å²) >= 11 is 1.23. The van der Waals surface area contributed by atoms with Crippen LogP contribution < -0.4 is 15.0 Å². The zero-order chi connectivity index (χ0) is 24.1. The second kappa shape index (κ2) is 10.3. The average molecular weight is 474 g/mol. The molecule has 1 N–H and O–H groups in total. The minimum atomic E-state index is -0.559. The van der Waals surface area contributed by atoms with Gasteiger partial charge in [-0.1, -0.05) is 41.6 Å². The number of carbonyl (C=O) groups excluding carboxylic acids is 2. The van der Waals surface area contributed by atoms with E-state index in [9.17, 15) is 14.9 Å². The van der Waals surface area contributed by atoms with E-state index in [1.807, 2.05) is 61.5 Å². The molecule has 2 heterocycles. The number of rotatable bonds is 7. The zero-order valence-corrected chi connectivity index (χ0v) is 19.6. The number of furan rings is 1. The number of nitriles is 1. The summed E-state index contributed by atoms with van der Waals surface area (Å²) in [5.41, 5.74) is 2.50. The molecule has 7 nitrogen and oxygen atoms in total. The Bertz CT molecular complexity index is 1240. The van der Waals surface area contributed by atoms with Gasteiger partial charge in [0.1, 0.15) is 28.2 Å². The molecule has 1 atom stereocenters. The monoisotopic (exact) mass is 473 g/mol. The fourth-order valence-electron chi connectivity index (χ4n) is 3.56. The molecule has 0 spiro atoms. The molecule has 0 saturated carbocycles. The Morgan fingerprint density at radius 2 is 1.91 bits per heavy atom. The molecule has 0 aliphatic carbocycles. The standard InChI is InChI=1S/C26H23N3O4S/c1-17-5-9-19(10-6-17)29-25(31)23(14-18-7-11-20(32-2)12-8-18)34-26(29)22(15-27)24(30)28-16-21-4-3-13-33-21/h3-13,23H,14,16H2,1-2H3,(H,28,30)/b26-22-/t23-/m1/s1. The number of anilines is 1. The lowest BCUT2D eigenvalue weighted by molar-refractivity contribution is -0.117. The number of aryl methyl sites for hydroxylation is 1. The van der Waals surface area contributed by atoms with E-state index in [1.54, 1.807) is 19.2 Å². The van der Waals surface area contributed by atoms with Crippen molar-refractivity contribution < 1.29 is 18.7 Å². The van der Waals surface area contributed by atoms with Crippen molar-refractivity contribution in [1.29, 1.82) is 5.26 Å². The molecule has 4 rings (SSSR count). The number of methoxy groups -OCH3 is 1. The molecule has 0 unspecified atom stereocenters. The molecule has 0 bridgehead atoms. The van der Waals surface area contributed by atoms with Crippen molar-refractivity contribution in [2.45, 2.75) is 25.1 Å². The normalized spacial score (nSPS) is 16.8. The fraction of sp³-hybridized carbons (Fsp3) is 0.192. The van der Waals surface area contributed by atoms with Crippen molar-refractivity contribution >= 4 is 29.3 Å². The average Bonchev–Trinajstić information content (AvgIpc) is 3.48. The van der Waals surface area contributed by atoms with Crippen LogP contribution in [0.3, 0.4) is 0 Å². The molecule has 2 aromatic carbocycles. The van der Waals surface area contributed by atoms with Gasteiger partial charge in [0.15, 0.2) is 0 Å². The van der Waals surface area contributed by atoms with Gasteiger partial charge in [-0.15, -0.1) is 0 Å². The molecule has 0 radical (unpaired) electrons. The molecule has 3 aromatic rings. The van der Waals surface area contributed by atoms with E-state index in [1.165, 1.54) is 22.9 Å². The number of hydrogen-bond acceptors (Lipinski definition) is 6. The van der Waals surface area contributed by atoms with Crippen molar-refractivity contribution in [1.82, 2.24) is 5.32 Å². The quantitative estimate of drug-likeness (QED) is 0.405. The summed E-state index contributed by atoms with van der Waals surface area (Å²) in [6, 6.07) is 20.4. The highest BCUT2D eigenvalue weighted by Crippen LogP contribution is 2.42. The summed E-state index contributed by atoms with van der Waals surface area (Å²) in [4.78, 5) is 27.9. The predicted molar refractivity (Wildman–Crippen MR) is 130 cm³/mol. The third-order valence-corrected chi connectivity index (χ3v) is 6.64. The molecule has 8 heteroatoms. The number of carbonyl (C=O) groups is 2. The Hall–Kier alpha value is -3.96. The first-order valence-corrected chi connectivity index (χ1v) is 11.5. The molecular weight excluding hydrogens is 450 g/mol. The molecule has 172 valence electrons. The molecule has 1 aromatic heterocycles. The molecule has 2 amide bonds.